The molecule has 0 radical (unpaired) electrons. The molecular weight excluding hydrogens is 226 g/mol. The molecule has 2 atom stereocenters. The highest BCUT2D eigenvalue weighted by molar-refractivity contribution is 4.99. The second-order valence-electron chi connectivity index (χ2n) is 6.45. The minimum Gasteiger partial charge on any atom is -0.396 e. The van der Waals surface area contributed by atoms with Gasteiger partial charge in [-0.05, 0) is 43.4 Å². The van der Waals surface area contributed by atoms with Gasteiger partial charge in [-0.1, -0.05) is 20.3 Å². The smallest absolute Gasteiger partial charge is 0.0471 e. The first-order valence-corrected chi connectivity index (χ1v) is 7.62. The lowest BCUT2D eigenvalue weighted by Crippen LogP contribution is -2.50. The van der Waals surface area contributed by atoms with E-state index in [0.29, 0.717) is 30.0 Å². The van der Waals surface area contributed by atoms with Crippen molar-refractivity contribution in [3.63, 3.8) is 0 Å². The first-order valence-electron chi connectivity index (χ1n) is 7.62. The minimum atomic E-state index is 0.290. The number of hydrogen-bond acceptors (Lipinski definition) is 3. The summed E-state index contributed by atoms with van der Waals surface area (Å²) in [5.41, 5.74) is 0.487. The van der Waals surface area contributed by atoms with Gasteiger partial charge in [0.05, 0.1) is 0 Å². The molecule has 3 heteroatoms. The summed E-state index contributed by atoms with van der Waals surface area (Å²) in [7, 11) is 0. The first kappa shape index (κ1) is 14.3. The van der Waals surface area contributed by atoms with Gasteiger partial charge < -0.3 is 15.2 Å². The SMILES string of the molecule is CC(C)C(CCO)NC1CCCC12CCOCC2. The molecule has 1 spiro atoms. The van der Waals surface area contributed by atoms with Gasteiger partial charge in [-0.25, -0.2) is 0 Å². The fraction of sp³-hybridized carbons (Fsp3) is 1.00. The molecule has 1 saturated carbocycles. The summed E-state index contributed by atoms with van der Waals surface area (Å²) in [6, 6.07) is 1.10. The highest BCUT2D eigenvalue weighted by Gasteiger charge is 2.44. The van der Waals surface area contributed by atoms with Crippen LogP contribution in [0.15, 0.2) is 0 Å². The van der Waals surface area contributed by atoms with Gasteiger partial charge in [0.1, 0.15) is 0 Å². The quantitative estimate of drug-likeness (QED) is 0.792. The zero-order valence-corrected chi connectivity index (χ0v) is 12.0. The Labute approximate surface area is 111 Å². The third kappa shape index (κ3) is 3.06. The van der Waals surface area contributed by atoms with E-state index in [1.165, 1.54) is 32.1 Å². The molecule has 3 nitrogen and oxygen atoms in total. The second kappa shape index (κ2) is 6.36. The summed E-state index contributed by atoms with van der Waals surface area (Å²) in [5, 5.41) is 13.1. The lowest BCUT2D eigenvalue weighted by molar-refractivity contribution is 0.000801. The van der Waals surface area contributed by atoms with Crippen molar-refractivity contribution in [2.75, 3.05) is 19.8 Å². The molecule has 1 saturated heterocycles. The number of ether oxygens (including phenoxy) is 1. The van der Waals surface area contributed by atoms with E-state index in [9.17, 15) is 5.11 Å². The van der Waals surface area contributed by atoms with Crippen LogP contribution in [0.2, 0.25) is 0 Å². The zero-order chi connectivity index (χ0) is 13.0. The molecule has 2 fully saturated rings. The summed E-state index contributed by atoms with van der Waals surface area (Å²) in [6.07, 6.45) is 7.32. The maximum absolute atomic E-state index is 9.20. The van der Waals surface area contributed by atoms with E-state index in [-0.39, 0.29) is 0 Å². The molecule has 0 aromatic rings. The topological polar surface area (TPSA) is 41.5 Å². The van der Waals surface area contributed by atoms with Gasteiger partial charge in [-0.3, -0.25) is 0 Å². The third-order valence-electron chi connectivity index (χ3n) is 5.06. The fourth-order valence-electron chi connectivity index (χ4n) is 3.78. The summed E-state index contributed by atoms with van der Waals surface area (Å²) < 4.78 is 5.54. The summed E-state index contributed by atoms with van der Waals surface area (Å²) in [6.45, 7) is 6.66. The molecule has 106 valence electrons. The van der Waals surface area contributed by atoms with Gasteiger partial charge >= 0.3 is 0 Å². The molecule has 1 aliphatic heterocycles. The maximum Gasteiger partial charge on any atom is 0.0471 e. The minimum absolute atomic E-state index is 0.290. The number of hydrogen-bond donors (Lipinski definition) is 2. The molecule has 2 unspecified atom stereocenters. The Hall–Kier alpha value is -0.120. The van der Waals surface area contributed by atoms with Crippen molar-refractivity contribution in [1.29, 1.82) is 0 Å². The molecule has 18 heavy (non-hydrogen) atoms. The van der Waals surface area contributed by atoms with Crippen LogP contribution in [0.5, 0.6) is 0 Å². The summed E-state index contributed by atoms with van der Waals surface area (Å²) >= 11 is 0. The van der Waals surface area contributed by atoms with Crippen molar-refractivity contribution in [2.45, 2.75) is 64.5 Å². The average molecular weight is 255 g/mol. The van der Waals surface area contributed by atoms with Crippen LogP contribution in [-0.4, -0.2) is 37.0 Å². The predicted molar refractivity (Wildman–Crippen MR) is 73.6 cm³/mol. The van der Waals surface area contributed by atoms with Gasteiger partial charge in [-0.2, -0.15) is 0 Å². The Morgan fingerprint density at radius 2 is 2.00 bits per heavy atom. The van der Waals surface area contributed by atoms with E-state index in [0.717, 1.165) is 19.6 Å². The van der Waals surface area contributed by atoms with Gasteiger partial charge in [0.25, 0.3) is 0 Å². The van der Waals surface area contributed by atoms with Gasteiger partial charge in [-0.15, -0.1) is 0 Å². The normalized spacial score (nSPS) is 29.0. The van der Waals surface area contributed by atoms with Crippen LogP contribution in [0.3, 0.4) is 0 Å². The van der Waals surface area contributed by atoms with Crippen LogP contribution < -0.4 is 5.32 Å². The average Bonchev–Trinajstić information content (AvgIpc) is 2.72. The van der Waals surface area contributed by atoms with Crippen LogP contribution in [0.1, 0.15) is 52.4 Å². The Bertz CT molecular complexity index is 249. The first-order chi connectivity index (χ1) is 8.68. The summed E-state index contributed by atoms with van der Waals surface area (Å²) in [5.74, 6) is 0.592. The molecule has 1 aliphatic carbocycles. The highest BCUT2D eigenvalue weighted by Crippen LogP contribution is 2.46. The molecule has 0 bridgehead atoms. The van der Waals surface area contributed by atoms with E-state index < -0.39 is 0 Å². The van der Waals surface area contributed by atoms with Crippen LogP contribution in [0, 0.1) is 11.3 Å². The summed E-state index contributed by atoms with van der Waals surface area (Å²) in [4.78, 5) is 0. The molecule has 2 aliphatic rings. The Kier molecular flexibility index (Phi) is 5.05. The van der Waals surface area contributed by atoms with Crippen LogP contribution in [0.4, 0.5) is 0 Å². The lowest BCUT2D eigenvalue weighted by Gasteiger charge is -2.41. The second-order valence-corrected chi connectivity index (χ2v) is 6.45. The third-order valence-corrected chi connectivity index (χ3v) is 5.06. The van der Waals surface area contributed by atoms with E-state index in [2.05, 4.69) is 19.2 Å². The molecular formula is C15H29NO2. The number of aliphatic hydroxyl groups excluding tert-OH is 1. The van der Waals surface area contributed by atoms with Crippen LogP contribution in [-0.2, 0) is 4.74 Å². The standard InChI is InChI=1S/C15H29NO2/c1-12(2)13(5-9-17)16-14-4-3-6-15(14)7-10-18-11-8-15/h12-14,16-17H,3-11H2,1-2H3. The number of rotatable bonds is 5. The predicted octanol–water partition coefficient (Wildman–Crippen LogP) is 2.33. The van der Waals surface area contributed by atoms with Crippen LogP contribution >= 0.6 is 0 Å². The van der Waals surface area contributed by atoms with E-state index in [1.807, 2.05) is 0 Å². The Morgan fingerprint density at radius 3 is 2.61 bits per heavy atom. The monoisotopic (exact) mass is 255 g/mol. The van der Waals surface area contributed by atoms with E-state index in [1.54, 1.807) is 0 Å². The van der Waals surface area contributed by atoms with Crippen molar-refractivity contribution in [1.82, 2.24) is 5.32 Å². The molecule has 0 aromatic carbocycles. The lowest BCUT2D eigenvalue weighted by atomic mass is 9.75. The van der Waals surface area contributed by atoms with Gasteiger partial charge in [0.2, 0.25) is 0 Å². The Morgan fingerprint density at radius 1 is 1.28 bits per heavy atom. The van der Waals surface area contributed by atoms with E-state index in [4.69, 9.17) is 4.74 Å². The number of nitrogens with one attached hydrogen (secondary N) is 1. The zero-order valence-electron chi connectivity index (χ0n) is 12.0. The van der Waals surface area contributed by atoms with Crippen molar-refractivity contribution >= 4 is 0 Å². The number of aliphatic hydroxyl groups is 1. The molecule has 1 heterocycles. The highest BCUT2D eigenvalue weighted by atomic mass is 16.5. The van der Waals surface area contributed by atoms with E-state index >= 15 is 0 Å². The fourth-order valence-corrected chi connectivity index (χ4v) is 3.78. The van der Waals surface area contributed by atoms with Gasteiger partial charge in [0.15, 0.2) is 0 Å². The largest absolute Gasteiger partial charge is 0.396 e. The van der Waals surface area contributed by atoms with Crippen molar-refractivity contribution in [2.24, 2.45) is 11.3 Å². The molecule has 2 rings (SSSR count). The van der Waals surface area contributed by atoms with Crippen molar-refractivity contribution < 1.29 is 9.84 Å². The van der Waals surface area contributed by atoms with Gasteiger partial charge in [0, 0.05) is 31.9 Å². The Balaban J connectivity index is 1.97. The maximum atomic E-state index is 9.20. The van der Waals surface area contributed by atoms with Crippen LogP contribution in [0.25, 0.3) is 0 Å². The molecule has 2 N–H and O–H groups in total. The molecule has 0 aromatic heterocycles. The van der Waals surface area contributed by atoms with Crippen molar-refractivity contribution in [3.05, 3.63) is 0 Å². The van der Waals surface area contributed by atoms with Crippen molar-refractivity contribution in [3.8, 4) is 0 Å². The molecule has 0 amide bonds.